The molecule has 3 rings (SSSR count). The van der Waals surface area contributed by atoms with Gasteiger partial charge < -0.3 is 9.72 Å². The van der Waals surface area contributed by atoms with Crippen LogP contribution in [0.3, 0.4) is 0 Å². The summed E-state index contributed by atoms with van der Waals surface area (Å²) in [6.45, 7) is 2.32. The fourth-order valence-corrected chi connectivity index (χ4v) is 2.40. The Kier molecular flexibility index (Phi) is 3.44. The van der Waals surface area contributed by atoms with Crippen molar-refractivity contribution in [3.8, 4) is 5.75 Å². The number of rotatable bonds is 4. The van der Waals surface area contributed by atoms with Crippen LogP contribution in [0.4, 0.5) is 4.39 Å². The van der Waals surface area contributed by atoms with Crippen molar-refractivity contribution >= 4 is 16.7 Å². The molecule has 1 aromatic heterocycles. The summed E-state index contributed by atoms with van der Waals surface area (Å²) in [5.74, 6) is -0.155. The van der Waals surface area contributed by atoms with Gasteiger partial charge in [0.2, 0.25) is 0 Å². The normalized spacial score (nSPS) is 10.8. The molecule has 4 heteroatoms. The number of aromatic amines is 1. The highest BCUT2D eigenvalue weighted by Crippen LogP contribution is 2.27. The molecule has 0 atom stereocenters. The number of carbonyl (C=O) groups is 1. The van der Waals surface area contributed by atoms with Crippen molar-refractivity contribution in [2.75, 3.05) is 6.61 Å². The van der Waals surface area contributed by atoms with Crippen molar-refractivity contribution in [1.82, 2.24) is 4.98 Å². The smallest absolute Gasteiger partial charge is 0.199 e. The molecule has 0 radical (unpaired) electrons. The zero-order chi connectivity index (χ0) is 14.8. The van der Waals surface area contributed by atoms with Crippen LogP contribution >= 0.6 is 0 Å². The molecule has 0 bridgehead atoms. The van der Waals surface area contributed by atoms with Crippen LogP contribution < -0.4 is 4.74 Å². The molecular formula is C17H14FNO2. The quantitative estimate of drug-likeness (QED) is 0.737. The van der Waals surface area contributed by atoms with Gasteiger partial charge >= 0.3 is 0 Å². The van der Waals surface area contributed by atoms with E-state index in [9.17, 15) is 9.18 Å². The lowest BCUT2D eigenvalue weighted by Gasteiger charge is -2.08. The van der Waals surface area contributed by atoms with Crippen LogP contribution in [0, 0.1) is 5.82 Å². The van der Waals surface area contributed by atoms with Crippen LogP contribution in [0.15, 0.2) is 48.7 Å². The predicted molar refractivity (Wildman–Crippen MR) is 79.3 cm³/mol. The molecule has 0 aliphatic heterocycles. The van der Waals surface area contributed by atoms with Crippen molar-refractivity contribution in [3.63, 3.8) is 0 Å². The Morgan fingerprint density at radius 3 is 2.76 bits per heavy atom. The minimum Gasteiger partial charge on any atom is -0.493 e. The molecule has 0 unspecified atom stereocenters. The third-order valence-corrected chi connectivity index (χ3v) is 3.33. The Balaban J connectivity index is 2.13. The second kappa shape index (κ2) is 5.40. The van der Waals surface area contributed by atoms with Crippen LogP contribution in [-0.2, 0) is 0 Å². The van der Waals surface area contributed by atoms with E-state index in [-0.39, 0.29) is 5.78 Å². The van der Waals surface area contributed by atoms with Crippen molar-refractivity contribution in [1.29, 1.82) is 0 Å². The average molecular weight is 283 g/mol. The number of para-hydroxylation sites is 1. The van der Waals surface area contributed by atoms with Crippen LogP contribution in [0.1, 0.15) is 22.8 Å². The Bertz CT molecular complexity index is 807. The number of halogens is 1. The van der Waals surface area contributed by atoms with Crippen molar-refractivity contribution < 1.29 is 13.9 Å². The second-order valence-electron chi connectivity index (χ2n) is 4.62. The summed E-state index contributed by atoms with van der Waals surface area (Å²) >= 11 is 0. The number of aromatic nitrogens is 1. The van der Waals surface area contributed by atoms with Gasteiger partial charge in [-0.15, -0.1) is 0 Å². The third-order valence-electron chi connectivity index (χ3n) is 3.33. The number of hydrogen-bond acceptors (Lipinski definition) is 2. The van der Waals surface area contributed by atoms with Gasteiger partial charge in [0.15, 0.2) is 5.78 Å². The molecule has 0 spiro atoms. The average Bonchev–Trinajstić information content (AvgIpc) is 2.93. The summed E-state index contributed by atoms with van der Waals surface area (Å²) in [6.07, 6.45) is 1.54. The van der Waals surface area contributed by atoms with Gasteiger partial charge in [-0.2, -0.15) is 0 Å². The molecule has 106 valence electrons. The number of ketones is 1. The van der Waals surface area contributed by atoms with Gasteiger partial charge in [-0.1, -0.05) is 18.2 Å². The highest BCUT2D eigenvalue weighted by molar-refractivity contribution is 6.17. The number of ether oxygens (including phenoxy) is 1. The minimum absolute atomic E-state index is 0.254. The minimum atomic E-state index is -0.411. The van der Waals surface area contributed by atoms with E-state index in [1.54, 1.807) is 42.6 Å². The van der Waals surface area contributed by atoms with E-state index in [2.05, 4.69) is 4.98 Å². The van der Waals surface area contributed by atoms with E-state index < -0.39 is 5.82 Å². The molecule has 2 aromatic carbocycles. The first-order chi connectivity index (χ1) is 10.2. The SMILES string of the molecule is CCOc1ccccc1C(=O)c1c[nH]c2cccc(F)c12. The van der Waals surface area contributed by atoms with Gasteiger partial charge in [0.25, 0.3) is 0 Å². The van der Waals surface area contributed by atoms with E-state index in [1.807, 2.05) is 6.92 Å². The monoisotopic (exact) mass is 283 g/mol. The van der Waals surface area contributed by atoms with Gasteiger partial charge in [-0.3, -0.25) is 4.79 Å². The molecule has 21 heavy (non-hydrogen) atoms. The largest absolute Gasteiger partial charge is 0.493 e. The second-order valence-corrected chi connectivity index (χ2v) is 4.62. The number of fused-ring (bicyclic) bond motifs is 1. The summed E-state index contributed by atoms with van der Waals surface area (Å²) in [5, 5.41) is 0.314. The maximum Gasteiger partial charge on any atom is 0.199 e. The Hall–Kier alpha value is -2.62. The molecule has 0 fully saturated rings. The fourth-order valence-electron chi connectivity index (χ4n) is 2.40. The number of nitrogens with one attached hydrogen (secondary N) is 1. The molecular weight excluding hydrogens is 269 g/mol. The summed E-state index contributed by atoms with van der Waals surface area (Å²) in [4.78, 5) is 15.6. The van der Waals surface area contributed by atoms with Gasteiger partial charge in [-0.05, 0) is 31.2 Å². The van der Waals surface area contributed by atoms with E-state index >= 15 is 0 Å². The van der Waals surface area contributed by atoms with Gasteiger partial charge in [0.1, 0.15) is 11.6 Å². The molecule has 0 saturated heterocycles. The zero-order valence-corrected chi connectivity index (χ0v) is 11.5. The lowest BCUT2D eigenvalue weighted by molar-refractivity contribution is 0.103. The van der Waals surface area contributed by atoms with Crippen molar-refractivity contribution in [2.24, 2.45) is 0 Å². The molecule has 3 aromatic rings. The highest BCUT2D eigenvalue weighted by atomic mass is 19.1. The number of carbonyl (C=O) groups excluding carboxylic acids is 1. The molecule has 1 N–H and O–H groups in total. The Labute approximate surface area is 121 Å². The molecule has 1 heterocycles. The number of hydrogen-bond donors (Lipinski definition) is 1. The third kappa shape index (κ3) is 2.29. The first-order valence-corrected chi connectivity index (χ1v) is 6.74. The van der Waals surface area contributed by atoms with E-state index in [4.69, 9.17) is 4.74 Å². The lowest BCUT2D eigenvalue weighted by Crippen LogP contribution is -2.05. The molecule has 0 amide bonds. The first-order valence-electron chi connectivity index (χ1n) is 6.74. The van der Waals surface area contributed by atoms with Crippen LogP contribution in [-0.4, -0.2) is 17.4 Å². The maximum atomic E-state index is 14.0. The number of H-pyrrole nitrogens is 1. The molecule has 0 aliphatic carbocycles. The predicted octanol–water partition coefficient (Wildman–Crippen LogP) is 3.94. The molecule has 0 saturated carbocycles. The topological polar surface area (TPSA) is 42.1 Å². The summed E-state index contributed by atoms with van der Waals surface area (Å²) in [7, 11) is 0. The van der Waals surface area contributed by atoms with Crippen LogP contribution in [0.5, 0.6) is 5.75 Å². The maximum absolute atomic E-state index is 14.0. The standard InChI is InChI=1S/C17H14FNO2/c1-2-21-15-9-4-3-6-11(15)17(20)12-10-19-14-8-5-7-13(18)16(12)14/h3-10,19H,2H2,1H3. The summed E-state index contributed by atoms with van der Waals surface area (Å²) in [6, 6.07) is 11.7. The van der Waals surface area contributed by atoms with Gasteiger partial charge in [-0.25, -0.2) is 4.39 Å². The Morgan fingerprint density at radius 1 is 1.14 bits per heavy atom. The lowest BCUT2D eigenvalue weighted by atomic mass is 10.0. The summed E-state index contributed by atoms with van der Waals surface area (Å²) in [5.41, 5.74) is 1.35. The molecule has 3 nitrogen and oxygen atoms in total. The molecule has 0 aliphatic rings. The first kappa shape index (κ1) is 13.4. The highest BCUT2D eigenvalue weighted by Gasteiger charge is 2.19. The van der Waals surface area contributed by atoms with E-state index in [1.165, 1.54) is 6.07 Å². The zero-order valence-electron chi connectivity index (χ0n) is 11.5. The summed E-state index contributed by atoms with van der Waals surface area (Å²) < 4.78 is 19.5. The number of benzene rings is 2. The van der Waals surface area contributed by atoms with Crippen molar-refractivity contribution in [2.45, 2.75) is 6.92 Å². The van der Waals surface area contributed by atoms with Gasteiger partial charge in [0, 0.05) is 17.1 Å². The Morgan fingerprint density at radius 2 is 1.95 bits per heavy atom. The van der Waals surface area contributed by atoms with Crippen molar-refractivity contribution in [3.05, 3.63) is 65.6 Å². The van der Waals surface area contributed by atoms with E-state index in [0.29, 0.717) is 34.4 Å². The van der Waals surface area contributed by atoms with Crippen LogP contribution in [0.25, 0.3) is 10.9 Å². The van der Waals surface area contributed by atoms with E-state index in [0.717, 1.165) is 0 Å². The van der Waals surface area contributed by atoms with Gasteiger partial charge in [0.05, 0.1) is 17.7 Å². The fraction of sp³-hybridized carbons (Fsp3) is 0.118. The van der Waals surface area contributed by atoms with Crippen LogP contribution in [0.2, 0.25) is 0 Å².